The number of allylic oxidation sites excluding steroid dienone is 1. The van der Waals surface area contributed by atoms with Crippen LogP contribution in [0.2, 0.25) is 0 Å². The number of carbonyl (C=O) groups is 2. The summed E-state index contributed by atoms with van der Waals surface area (Å²) in [4.78, 5) is 24.0. The molecule has 1 saturated heterocycles. The number of ether oxygens (including phenoxy) is 3. The Bertz CT molecular complexity index is 609. The number of rotatable bonds is 7. The van der Waals surface area contributed by atoms with Crippen LogP contribution >= 0.6 is 0 Å². The van der Waals surface area contributed by atoms with Gasteiger partial charge >= 0.3 is 11.9 Å². The average molecular weight is 330 g/mol. The van der Waals surface area contributed by atoms with Crippen LogP contribution < -0.4 is 0 Å². The zero-order chi connectivity index (χ0) is 16.9. The van der Waals surface area contributed by atoms with Crippen molar-refractivity contribution < 1.29 is 23.8 Å². The van der Waals surface area contributed by atoms with Gasteiger partial charge in [-0.25, -0.2) is 0 Å². The van der Waals surface area contributed by atoms with Gasteiger partial charge in [0.15, 0.2) is 0 Å². The smallest absolute Gasteiger partial charge is 0.320 e. The van der Waals surface area contributed by atoms with Gasteiger partial charge in [-0.2, -0.15) is 0 Å². The van der Waals surface area contributed by atoms with Gasteiger partial charge in [0.25, 0.3) is 0 Å². The number of benzene rings is 1. The van der Waals surface area contributed by atoms with E-state index in [0.717, 1.165) is 5.56 Å². The van der Waals surface area contributed by atoms with Gasteiger partial charge in [0.1, 0.15) is 5.92 Å². The molecule has 0 spiro atoms. The Labute approximate surface area is 141 Å². The van der Waals surface area contributed by atoms with Gasteiger partial charge < -0.3 is 14.2 Å². The van der Waals surface area contributed by atoms with Crippen LogP contribution in [-0.4, -0.2) is 31.3 Å². The monoisotopic (exact) mass is 330 g/mol. The number of hydrogen-bond acceptors (Lipinski definition) is 5. The molecule has 0 saturated carbocycles. The molecule has 5 nitrogen and oxygen atoms in total. The Morgan fingerprint density at radius 3 is 2.54 bits per heavy atom. The fraction of sp³-hybridized carbons (Fsp3) is 0.474. The van der Waals surface area contributed by atoms with E-state index in [-0.39, 0.29) is 12.0 Å². The first kappa shape index (κ1) is 16.9. The zero-order valence-electron chi connectivity index (χ0n) is 13.7. The van der Waals surface area contributed by atoms with Crippen LogP contribution in [0, 0.1) is 17.8 Å². The normalized spacial score (nSPS) is 28.7. The largest absolute Gasteiger partial charge is 0.393 e. The van der Waals surface area contributed by atoms with Gasteiger partial charge in [-0.1, -0.05) is 42.5 Å². The van der Waals surface area contributed by atoms with Crippen LogP contribution in [0.15, 0.2) is 42.5 Å². The van der Waals surface area contributed by atoms with Crippen molar-refractivity contribution in [1.29, 1.82) is 0 Å². The van der Waals surface area contributed by atoms with Gasteiger partial charge in [0, 0.05) is 13.2 Å². The molecular formula is C19H22O5. The highest BCUT2D eigenvalue weighted by molar-refractivity contribution is 5.97. The first-order valence-corrected chi connectivity index (χ1v) is 8.38. The maximum Gasteiger partial charge on any atom is 0.320 e. The maximum absolute atomic E-state index is 12.1. The molecule has 1 fully saturated rings. The van der Waals surface area contributed by atoms with Crippen molar-refractivity contribution in [3.63, 3.8) is 0 Å². The van der Waals surface area contributed by atoms with Crippen molar-refractivity contribution >= 4 is 11.9 Å². The van der Waals surface area contributed by atoms with E-state index in [1.807, 2.05) is 49.4 Å². The second-order valence-electron chi connectivity index (χ2n) is 6.09. The fourth-order valence-electron chi connectivity index (χ4n) is 3.41. The van der Waals surface area contributed by atoms with Crippen molar-refractivity contribution in [2.45, 2.75) is 26.1 Å². The zero-order valence-corrected chi connectivity index (χ0v) is 13.7. The lowest BCUT2D eigenvalue weighted by Gasteiger charge is -2.30. The van der Waals surface area contributed by atoms with Crippen LogP contribution in [0.5, 0.6) is 0 Å². The van der Waals surface area contributed by atoms with E-state index >= 15 is 0 Å². The van der Waals surface area contributed by atoms with E-state index in [2.05, 4.69) is 0 Å². The van der Waals surface area contributed by atoms with Crippen molar-refractivity contribution in [3.8, 4) is 0 Å². The summed E-state index contributed by atoms with van der Waals surface area (Å²) in [5.41, 5.74) is 1.11. The van der Waals surface area contributed by atoms with Crippen molar-refractivity contribution in [2.75, 3.05) is 13.2 Å². The third-order valence-corrected chi connectivity index (χ3v) is 4.56. The van der Waals surface area contributed by atoms with Gasteiger partial charge in [0.05, 0.1) is 18.6 Å². The molecule has 4 atom stereocenters. The molecule has 1 aliphatic heterocycles. The van der Waals surface area contributed by atoms with E-state index in [0.29, 0.717) is 26.2 Å². The van der Waals surface area contributed by atoms with Crippen molar-refractivity contribution in [2.24, 2.45) is 17.8 Å². The summed E-state index contributed by atoms with van der Waals surface area (Å²) in [7, 11) is 0. The van der Waals surface area contributed by atoms with Crippen molar-refractivity contribution in [1.82, 2.24) is 0 Å². The summed E-state index contributed by atoms with van der Waals surface area (Å²) in [6, 6.07) is 9.93. The van der Waals surface area contributed by atoms with E-state index < -0.39 is 23.8 Å². The predicted octanol–water partition coefficient (Wildman–Crippen LogP) is 2.50. The Morgan fingerprint density at radius 2 is 1.79 bits per heavy atom. The third-order valence-electron chi connectivity index (χ3n) is 4.56. The Morgan fingerprint density at radius 1 is 1.04 bits per heavy atom. The molecule has 0 unspecified atom stereocenters. The van der Waals surface area contributed by atoms with Gasteiger partial charge in [-0.15, -0.1) is 0 Å². The minimum absolute atomic E-state index is 0.0542. The third kappa shape index (κ3) is 3.57. The lowest BCUT2D eigenvalue weighted by molar-refractivity contribution is -0.154. The number of cyclic esters (lactones) is 2. The van der Waals surface area contributed by atoms with E-state index in [4.69, 9.17) is 14.2 Å². The van der Waals surface area contributed by atoms with Crippen LogP contribution in [0.4, 0.5) is 0 Å². The summed E-state index contributed by atoms with van der Waals surface area (Å²) >= 11 is 0. The molecule has 5 heteroatoms. The number of esters is 2. The summed E-state index contributed by atoms with van der Waals surface area (Å²) in [6.45, 7) is 3.42. The molecule has 1 aromatic carbocycles. The molecule has 1 heterocycles. The quantitative estimate of drug-likeness (QED) is 0.333. The molecule has 0 radical (unpaired) electrons. The SMILES string of the molecule is CCO[C@H]1C=C[C@@H](CCOCc2ccccc2)[C@H]2C(=O)OC(=O)[C@H]21. The molecule has 1 aromatic rings. The van der Waals surface area contributed by atoms with Gasteiger partial charge in [-0.05, 0) is 24.8 Å². The number of fused-ring (bicyclic) bond motifs is 1. The van der Waals surface area contributed by atoms with E-state index in [9.17, 15) is 9.59 Å². The molecule has 0 N–H and O–H groups in total. The van der Waals surface area contributed by atoms with Gasteiger partial charge in [0.2, 0.25) is 0 Å². The first-order valence-electron chi connectivity index (χ1n) is 8.38. The summed E-state index contributed by atoms with van der Waals surface area (Å²) < 4.78 is 16.1. The Hall–Kier alpha value is -1.98. The molecule has 128 valence electrons. The Balaban J connectivity index is 1.58. The maximum atomic E-state index is 12.1. The lowest BCUT2D eigenvalue weighted by Crippen LogP contribution is -2.38. The van der Waals surface area contributed by atoms with Crippen LogP contribution in [0.3, 0.4) is 0 Å². The summed E-state index contributed by atoms with van der Waals surface area (Å²) in [6.07, 6.45) is 4.14. The molecular weight excluding hydrogens is 308 g/mol. The highest BCUT2D eigenvalue weighted by atomic mass is 16.6. The highest BCUT2D eigenvalue weighted by Crippen LogP contribution is 2.40. The summed E-state index contributed by atoms with van der Waals surface area (Å²) in [5.74, 6) is -1.95. The molecule has 2 aliphatic rings. The first-order chi connectivity index (χ1) is 11.7. The molecule has 24 heavy (non-hydrogen) atoms. The van der Waals surface area contributed by atoms with E-state index in [1.165, 1.54) is 0 Å². The number of hydrogen-bond donors (Lipinski definition) is 0. The van der Waals surface area contributed by atoms with Crippen LogP contribution in [0.25, 0.3) is 0 Å². The van der Waals surface area contributed by atoms with Crippen LogP contribution in [-0.2, 0) is 30.4 Å². The fourth-order valence-corrected chi connectivity index (χ4v) is 3.41. The second kappa shape index (κ2) is 7.73. The molecule has 3 rings (SSSR count). The summed E-state index contributed by atoms with van der Waals surface area (Å²) in [5, 5.41) is 0. The highest BCUT2D eigenvalue weighted by Gasteiger charge is 2.52. The molecule has 1 aliphatic carbocycles. The standard InChI is InChI=1S/C19H22O5/c1-2-23-15-9-8-14(16-17(15)19(21)24-18(16)20)10-11-22-12-13-6-4-3-5-7-13/h3-9,14-17H,2,10-12H2,1H3/t14-,15-,16+,17-/m0/s1. The lowest BCUT2D eigenvalue weighted by atomic mass is 9.74. The minimum atomic E-state index is -0.526. The average Bonchev–Trinajstić information content (AvgIpc) is 2.90. The second-order valence-corrected chi connectivity index (χ2v) is 6.09. The molecule has 0 aromatic heterocycles. The van der Waals surface area contributed by atoms with Crippen molar-refractivity contribution in [3.05, 3.63) is 48.0 Å². The van der Waals surface area contributed by atoms with E-state index in [1.54, 1.807) is 0 Å². The Kier molecular flexibility index (Phi) is 5.43. The van der Waals surface area contributed by atoms with Crippen LogP contribution in [0.1, 0.15) is 18.9 Å². The molecule has 0 amide bonds. The van der Waals surface area contributed by atoms with Gasteiger partial charge in [-0.3, -0.25) is 9.59 Å². The molecule has 0 bridgehead atoms. The predicted molar refractivity (Wildman–Crippen MR) is 86.8 cm³/mol. The topological polar surface area (TPSA) is 61.8 Å². The number of carbonyl (C=O) groups excluding carboxylic acids is 2. The minimum Gasteiger partial charge on any atom is -0.393 e.